The average molecular weight is 375 g/mol. The van der Waals surface area contributed by atoms with Crippen LogP contribution in [0.4, 0.5) is 10.5 Å². The highest BCUT2D eigenvalue weighted by molar-refractivity contribution is 5.99. The second-order valence-corrected chi connectivity index (χ2v) is 7.14. The minimum Gasteiger partial charge on any atom is -0.497 e. The van der Waals surface area contributed by atoms with Crippen LogP contribution in [0.1, 0.15) is 37.3 Å². The molecule has 28 heavy (non-hydrogen) atoms. The van der Waals surface area contributed by atoms with Gasteiger partial charge >= 0.3 is 6.03 Å². The summed E-state index contributed by atoms with van der Waals surface area (Å²) in [5.74, 6) is 0.829. The molecule has 1 saturated heterocycles. The number of para-hydroxylation sites is 1. The van der Waals surface area contributed by atoms with Crippen LogP contribution in [-0.4, -0.2) is 29.6 Å². The number of benzene rings is 2. The van der Waals surface area contributed by atoms with Crippen LogP contribution in [0.15, 0.2) is 60.8 Å². The minimum atomic E-state index is -0.0686. The number of urea groups is 1. The minimum absolute atomic E-state index is 0.0661. The maximum absolute atomic E-state index is 13.2. The van der Waals surface area contributed by atoms with E-state index in [2.05, 4.69) is 22.4 Å². The third-order valence-corrected chi connectivity index (χ3v) is 5.39. The number of amides is 2. The van der Waals surface area contributed by atoms with E-state index in [0.29, 0.717) is 0 Å². The summed E-state index contributed by atoms with van der Waals surface area (Å²) in [6, 6.07) is 17.8. The van der Waals surface area contributed by atoms with Gasteiger partial charge in [0.25, 0.3) is 0 Å². The Morgan fingerprint density at radius 3 is 2.71 bits per heavy atom. The number of pyridine rings is 1. The lowest BCUT2D eigenvalue weighted by molar-refractivity contribution is 0.189. The van der Waals surface area contributed by atoms with Gasteiger partial charge in [-0.25, -0.2) is 4.79 Å². The molecule has 1 atom stereocenters. The van der Waals surface area contributed by atoms with E-state index in [4.69, 9.17) is 4.74 Å². The summed E-state index contributed by atoms with van der Waals surface area (Å²) >= 11 is 0. The Hall–Kier alpha value is -3.08. The number of hydrogen-bond acceptors (Lipinski definition) is 3. The van der Waals surface area contributed by atoms with Crippen LogP contribution in [0.2, 0.25) is 0 Å². The maximum Gasteiger partial charge on any atom is 0.322 e. The molecule has 5 heteroatoms. The van der Waals surface area contributed by atoms with Crippen molar-refractivity contribution >= 4 is 22.6 Å². The number of carbonyl (C=O) groups is 1. The number of fused-ring (bicyclic) bond motifs is 1. The number of carbonyl (C=O) groups excluding carboxylic acids is 1. The Balaban J connectivity index is 1.60. The normalized spacial score (nSPS) is 17.2. The maximum atomic E-state index is 13.2. The van der Waals surface area contributed by atoms with Gasteiger partial charge in [-0.05, 0) is 42.7 Å². The lowest BCUT2D eigenvalue weighted by Crippen LogP contribution is -2.38. The summed E-state index contributed by atoms with van der Waals surface area (Å²) < 4.78 is 5.28. The fourth-order valence-electron chi connectivity index (χ4n) is 3.92. The number of anilines is 1. The number of likely N-dealkylation sites (tertiary alicyclic amines) is 1. The average Bonchev–Trinajstić information content (AvgIpc) is 3.00. The van der Waals surface area contributed by atoms with E-state index in [1.54, 1.807) is 13.3 Å². The molecule has 1 aliphatic rings. The topological polar surface area (TPSA) is 54.5 Å². The fraction of sp³-hybridized carbons (Fsp3) is 0.304. The Labute approximate surface area is 165 Å². The van der Waals surface area contributed by atoms with Crippen molar-refractivity contribution < 1.29 is 9.53 Å². The molecule has 0 aliphatic carbocycles. The van der Waals surface area contributed by atoms with Gasteiger partial charge in [-0.15, -0.1) is 0 Å². The molecule has 1 N–H and O–H groups in total. The van der Waals surface area contributed by atoms with Crippen molar-refractivity contribution in [1.29, 1.82) is 0 Å². The van der Waals surface area contributed by atoms with Gasteiger partial charge in [0.2, 0.25) is 0 Å². The van der Waals surface area contributed by atoms with Gasteiger partial charge in [0, 0.05) is 18.1 Å². The molecule has 1 aromatic heterocycles. The highest BCUT2D eigenvalue weighted by atomic mass is 16.5. The molecule has 2 amide bonds. The highest BCUT2D eigenvalue weighted by Crippen LogP contribution is 2.32. The summed E-state index contributed by atoms with van der Waals surface area (Å²) in [5.41, 5.74) is 2.71. The first-order chi connectivity index (χ1) is 13.8. The zero-order valence-electron chi connectivity index (χ0n) is 16.1. The molecule has 0 spiro atoms. The summed E-state index contributed by atoms with van der Waals surface area (Å²) in [4.78, 5) is 19.6. The number of aromatic nitrogens is 1. The van der Waals surface area contributed by atoms with E-state index < -0.39 is 0 Å². The van der Waals surface area contributed by atoms with Crippen molar-refractivity contribution in [3.63, 3.8) is 0 Å². The molecule has 0 saturated carbocycles. The lowest BCUT2D eigenvalue weighted by atomic mass is 10.0. The molecule has 2 heterocycles. The molecule has 0 unspecified atom stereocenters. The van der Waals surface area contributed by atoms with E-state index in [1.807, 2.05) is 47.4 Å². The second kappa shape index (κ2) is 8.30. The van der Waals surface area contributed by atoms with Gasteiger partial charge < -0.3 is 15.0 Å². The van der Waals surface area contributed by atoms with E-state index >= 15 is 0 Å². The standard InChI is InChI=1S/C23H25N3O2/c1-28-19-13-11-17(12-14-19)21-10-3-2-4-16-26(21)23(27)25-20-9-5-7-18-8-6-15-24-22(18)20/h5-9,11-15,21H,2-4,10,16H2,1H3,(H,25,27)/t21-/m0/s1. The van der Waals surface area contributed by atoms with Crippen LogP contribution in [0.25, 0.3) is 10.9 Å². The molecule has 4 rings (SSSR count). The van der Waals surface area contributed by atoms with Gasteiger partial charge in [-0.3, -0.25) is 4.98 Å². The number of nitrogens with zero attached hydrogens (tertiary/aromatic N) is 2. The van der Waals surface area contributed by atoms with Crippen molar-refractivity contribution in [3.05, 3.63) is 66.4 Å². The summed E-state index contributed by atoms with van der Waals surface area (Å²) in [7, 11) is 1.67. The van der Waals surface area contributed by atoms with Gasteiger partial charge in [0.15, 0.2) is 0 Å². The van der Waals surface area contributed by atoms with Crippen LogP contribution in [0.3, 0.4) is 0 Å². The molecule has 2 aromatic carbocycles. The molecule has 0 radical (unpaired) electrons. The van der Waals surface area contributed by atoms with Crippen molar-refractivity contribution in [2.24, 2.45) is 0 Å². The number of hydrogen-bond donors (Lipinski definition) is 1. The molecule has 0 bridgehead atoms. The highest BCUT2D eigenvalue weighted by Gasteiger charge is 2.27. The van der Waals surface area contributed by atoms with Crippen LogP contribution in [0.5, 0.6) is 5.75 Å². The zero-order chi connectivity index (χ0) is 19.3. The third kappa shape index (κ3) is 3.79. The van der Waals surface area contributed by atoms with Gasteiger partial charge in [-0.2, -0.15) is 0 Å². The first-order valence-electron chi connectivity index (χ1n) is 9.81. The second-order valence-electron chi connectivity index (χ2n) is 7.14. The SMILES string of the molecule is COc1ccc([C@@H]2CCCCCN2C(=O)Nc2cccc3cccnc23)cc1. The third-order valence-electron chi connectivity index (χ3n) is 5.39. The number of rotatable bonds is 3. The zero-order valence-corrected chi connectivity index (χ0v) is 16.1. The number of ether oxygens (including phenoxy) is 1. The Bertz CT molecular complexity index is 950. The first-order valence-corrected chi connectivity index (χ1v) is 9.81. The van der Waals surface area contributed by atoms with Crippen LogP contribution < -0.4 is 10.1 Å². The van der Waals surface area contributed by atoms with Gasteiger partial charge in [0.1, 0.15) is 5.75 Å². The van der Waals surface area contributed by atoms with E-state index in [1.165, 1.54) is 0 Å². The molecular formula is C23H25N3O2. The number of methoxy groups -OCH3 is 1. The van der Waals surface area contributed by atoms with Crippen molar-refractivity contribution in [1.82, 2.24) is 9.88 Å². The Morgan fingerprint density at radius 1 is 1.07 bits per heavy atom. The molecule has 1 fully saturated rings. The fourth-order valence-corrected chi connectivity index (χ4v) is 3.92. The molecule has 5 nitrogen and oxygen atoms in total. The molecule has 144 valence electrons. The van der Waals surface area contributed by atoms with Gasteiger partial charge in [0.05, 0.1) is 24.4 Å². The molecule has 3 aromatic rings. The van der Waals surface area contributed by atoms with Crippen LogP contribution in [0, 0.1) is 0 Å². The van der Waals surface area contributed by atoms with Crippen LogP contribution in [-0.2, 0) is 0 Å². The quantitative estimate of drug-likeness (QED) is 0.667. The lowest BCUT2D eigenvalue weighted by Gasteiger charge is -2.30. The first kappa shape index (κ1) is 18.3. The van der Waals surface area contributed by atoms with E-state index in [0.717, 1.165) is 60.1 Å². The van der Waals surface area contributed by atoms with Crippen molar-refractivity contribution in [2.75, 3.05) is 19.0 Å². The van der Waals surface area contributed by atoms with E-state index in [-0.39, 0.29) is 12.1 Å². The smallest absolute Gasteiger partial charge is 0.322 e. The van der Waals surface area contributed by atoms with Gasteiger partial charge in [-0.1, -0.05) is 43.2 Å². The van der Waals surface area contributed by atoms with Crippen LogP contribution >= 0.6 is 0 Å². The predicted octanol–water partition coefficient (Wildman–Crippen LogP) is 5.39. The summed E-state index contributed by atoms with van der Waals surface area (Å²) in [6.07, 6.45) is 6.01. The monoisotopic (exact) mass is 375 g/mol. The summed E-state index contributed by atoms with van der Waals surface area (Å²) in [5, 5.41) is 4.12. The Kier molecular flexibility index (Phi) is 5.42. The Morgan fingerprint density at radius 2 is 1.89 bits per heavy atom. The number of nitrogens with one attached hydrogen (secondary N) is 1. The predicted molar refractivity (Wildman–Crippen MR) is 112 cm³/mol. The van der Waals surface area contributed by atoms with Crippen molar-refractivity contribution in [2.45, 2.75) is 31.7 Å². The van der Waals surface area contributed by atoms with E-state index in [9.17, 15) is 4.79 Å². The van der Waals surface area contributed by atoms with Crippen molar-refractivity contribution in [3.8, 4) is 5.75 Å². The summed E-state index contributed by atoms with van der Waals surface area (Å²) in [6.45, 7) is 0.751. The largest absolute Gasteiger partial charge is 0.497 e. The molecule has 1 aliphatic heterocycles. The molecular weight excluding hydrogens is 350 g/mol.